The third-order valence-electron chi connectivity index (χ3n) is 2.59. The summed E-state index contributed by atoms with van der Waals surface area (Å²) in [6.07, 6.45) is 1.94. The number of hydrogen-bond donors (Lipinski definition) is 0. The van der Waals surface area contributed by atoms with E-state index in [0.717, 1.165) is 12.0 Å². The van der Waals surface area contributed by atoms with Crippen molar-refractivity contribution >= 4 is 17.5 Å². The zero-order valence-electron chi connectivity index (χ0n) is 8.11. The standard InChI is InChI=1S/C12H14OS/c13-12(8-10-6-7-14-9-10)11-4-2-1-3-5-11/h1-5,10H,6-9H2. The van der Waals surface area contributed by atoms with E-state index < -0.39 is 0 Å². The van der Waals surface area contributed by atoms with Crippen LogP contribution in [0.3, 0.4) is 0 Å². The topological polar surface area (TPSA) is 17.1 Å². The summed E-state index contributed by atoms with van der Waals surface area (Å²) in [5.41, 5.74) is 0.865. The minimum absolute atomic E-state index is 0.304. The van der Waals surface area contributed by atoms with Crippen molar-refractivity contribution in [2.45, 2.75) is 12.8 Å². The molecule has 14 heavy (non-hydrogen) atoms. The van der Waals surface area contributed by atoms with Gasteiger partial charge in [0.05, 0.1) is 0 Å². The molecule has 1 unspecified atom stereocenters. The van der Waals surface area contributed by atoms with Gasteiger partial charge in [0.25, 0.3) is 0 Å². The molecule has 0 amide bonds. The van der Waals surface area contributed by atoms with E-state index in [0.29, 0.717) is 11.7 Å². The van der Waals surface area contributed by atoms with Crippen LogP contribution < -0.4 is 0 Å². The summed E-state index contributed by atoms with van der Waals surface area (Å²) in [5, 5.41) is 0. The summed E-state index contributed by atoms with van der Waals surface area (Å²) in [4.78, 5) is 11.8. The van der Waals surface area contributed by atoms with Gasteiger partial charge in [-0.05, 0) is 23.8 Å². The van der Waals surface area contributed by atoms with Crippen LogP contribution >= 0.6 is 11.8 Å². The molecule has 2 rings (SSSR count). The van der Waals surface area contributed by atoms with Gasteiger partial charge in [0.2, 0.25) is 0 Å². The largest absolute Gasteiger partial charge is 0.294 e. The molecule has 1 saturated heterocycles. The minimum Gasteiger partial charge on any atom is -0.294 e. The van der Waals surface area contributed by atoms with E-state index in [1.807, 2.05) is 42.1 Å². The first-order valence-corrected chi connectivity index (χ1v) is 6.18. The normalized spacial score (nSPS) is 21.0. The van der Waals surface area contributed by atoms with Gasteiger partial charge in [-0.25, -0.2) is 0 Å². The van der Waals surface area contributed by atoms with E-state index in [1.165, 1.54) is 17.9 Å². The zero-order valence-corrected chi connectivity index (χ0v) is 8.93. The second kappa shape index (κ2) is 4.65. The number of benzene rings is 1. The Balaban J connectivity index is 1.95. The molecule has 0 aromatic heterocycles. The number of thioether (sulfide) groups is 1. The van der Waals surface area contributed by atoms with Crippen LogP contribution in [0.2, 0.25) is 0 Å². The molecular formula is C12H14OS. The van der Waals surface area contributed by atoms with Crippen LogP contribution in [0.4, 0.5) is 0 Å². The number of ketones is 1. The Morgan fingerprint density at radius 1 is 1.36 bits per heavy atom. The highest BCUT2D eigenvalue weighted by Gasteiger charge is 2.19. The molecule has 1 aromatic rings. The quantitative estimate of drug-likeness (QED) is 0.707. The zero-order chi connectivity index (χ0) is 9.80. The average Bonchev–Trinajstić information content (AvgIpc) is 2.72. The van der Waals surface area contributed by atoms with Gasteiger partial charge in [0.1, 0.15) is 0 Å². The lowest BCUT2D eigenvalue weighted by Crippen LogP contribution is -2.07. The lowest BCUT2D eigenvalue weighted by Gasteiger charge is -2.06. The Hall–Kier alpha value is -0.760. The molecule has 1 aliphatic rings. The molecule has 0 radical (unpaired) electrons. The molecule has 0 bridgehead atoms. The summed E-state index contributed by atoms with van der Waals surface area (Å²) < 4.78 is 0. The molecule has 2 heteroatoms. The third kappa shape index (κ3) is 2.38. The van der Waals surface area contributed by atoms with E-state index in [1.54, 1.807) is 0 Å². The Morgan fingerprint density at radius 2 is 2.14 bits per heavy atom. The van der Waals surface area contributed by atoms with Crippen LogP contribution in [0.15, 0.2) is 30.3 Å². The van der Waals surface area contributed by atoms with Crippen molar-refractivity contribution < 1.29 is 4.79 Å². The highest BCUT2D eigenvalue weighted by atomic mass is 32.2. The molecule has 0 aliphatic carbocycles. The molecule has 1 heterocycles. The van der Waals surface area contributed by atoms with E-state index >= 15 is 0 Å². The summed E-state index contributed by atoms with van der Waals surface area (Å²) in [6, 6.07) is 9.62. The summed E-state index contributed by atoms with van der Waals surface area (Å²) in [7, 11) is 0. The van der Waals surface area contributed by atoms with Crippen molar-refractivity contribution in [3.8, 4) is 0 Å². The average molecular weight is 206 g/mol. The van der Waals surface area contributed by atoms with Crippen molar-refractivity contribution in [3.63, 3.8) is 0 Å². The second-order valence-electron chi connectivity index (χ2n) is 3.72. The fourth-order valence-electron chi connectivity index (χ4n) is 1.75. The molecule has 1 aromatic carbocycles. The van der Waals surface area contributed by atoms with Gasteiger partial charge in [0.15, 0.2) is 5.78 Å². The van der Waals surface area contributed by atoms with E-state index in [4.69, 9.17) is 0 Å². The maximum atomic E-state index is 11.8. The number of rotatable bonds is 3. The lowest BCUT2D eigenvalue weighted by atomic mass is 9.98. The fourth-order valence-corrected chi connectivity index (χ4v) is 3.03. The number of hydrogen-bond acceptors (Lipinski definition) is 2. The highest BCUT2D eigenvalue weighted by molar-refractivity contribution is 7.99. The Labute approximate surface area is 88.9 Å². The SMILES string of the molecule is O=C(CC1CCSC1)c1ccccc1. The minimum atomic E-state index is 0.304. The van der Waals surface area contributed by atoms with E-state index in [-0.39, 0.29) is 0 Å². The molecular weight excluding hydrogens is 192 g/mol. The van der Waals surface area contributed by atoms with Gasteiger partial charge in [0, 0.05) is 12.0 Å². The Morgan fingerprint density at radius 3 is 2.79 bits per heavy atom. The van der Waals surface area contributed by atoms with Crippen LogP contribution in [0.25, 0.3) is 0 Å². The lowest BCUT2D eigenvalue weighted by molar-refractivity contribution is 0.0966. The van der Waals surface area contributed by atoms with Crippen LogP contribution in [0.5, 0.6) is 0 Å². The maximum absolute atomic E-state index is 11.8. The third-order valence-corrected chi connectivity index (χ3v) is 3.83. The summed E-state index contributed by atoms with van der Waals surface area (Å²) >= 11 is 1.97. The summed E-state index contributed by atoms with van der Waals surface area (Å²) in [6.45, 7) is 0. The van der Waals surface area contributed by atoms with Gasteiger partial charge in [-0.2, -0.15) is 11.8 Å². The summed E-state index contributed by atoms with van der Waals surface area (Å²) in [5.74, 6) is 3.32. The molecule has 0 spiro atoms. The van der Waals surface area contributed by atoms with Crippen molar-refractivity contribution in [1.29, 1.82) is 0 Å². The second-order valence-corrected chi connectivity index (χ2v) is 4.87. The van der Waals surface area contributed by atoms with Crippen LogP contribution in [0.1, 0.15) is 23.2 Å². The Bertz CT molecular complexity index is 301. The molecule has 1 atom stereocenters. The smallest absolute Gasteiger partial charge is 0.163 e. The Kier molecular flexibility index (Phi) is 3.25. The van der Waals surface area contributed by atoms with Crippen molar-refractivity contribution in [1.82, 2.24) is 0 Å². The van der Waals surface area contributed by atoms with Crippen LogP contribution in [0, 0.1) is 5.92 Å². The van der Waals surface area contributed by atoms with Gasteiger partial charge in [-0.15, -0.1) is 0 Å². The monoisotopic (exact) mass is 206 g/mol. The molecule has 74 valence electrons. The number of Topliss-reactive ketones (excluding diaryl/α,β-unsaturated/α-hetero) is 1. The molecule has 0 saturated carbocycles. The van der Waals surface area contributed by atoms with Gasteiger partial charge < -0.3 is 0 Å². The predicted octanol–water partition coefficient (Wildman–Crippen LogP) is 3.01. The molecule has 1 fully saturated rings. The van der Waals surface area contributed by atoms with Gasteiger partial charge in [-0.1, -0.05) is 30.3 Å². The first-order chi connectivity index (χ1) is 6.86. The van der Waals surface area contributed by atoms with Crippen LogP contribution in [-0.4, -0.2) is 17.3 Å². The fraction of sp³-hybridized carbons (Fsp3) is 0.417. The number of carbonyl (C=O) groups excluding carboxylic acids is 1. The van der Waals surface area contributed by atoms with Gasteiger partial charge >= 0.3 is 0 Å². The first-order valence-electron chi connectivity index (χ1n) is 5.02. The van der Waals surface area contributed by atoms with E-state index in [9.17, 15) is 4.79 Å². The predicted molar refractivity (Wildman–Crippen MR) is 60.8 cm³/mol. The molecule has 1 nitrogen and oxygen atoms in total. The van der Waals surface area contributed by atoms with Crippen molar-refractivity contribution in [2.24, 2.45) is 5.92 Å². The molecule has 0 N–H and O–H groups in total. The van der Waals surface area contributed by atoms with E-state index in [2.05, 4.69) is 0 Å². The maximum Gasteiger partial charge on any atom is 0.163 e. The van der Waals surface area contributed by atoms with Crippen molar-refractivity contribution in [3.05, 3.63) is 35.9 Å². The van der Waals surface area contributed by atoms with Crippen LogP contribution in [-0.2, 0) is 0 Å². The first kappa shape index (κ1) is 9.78. The molecule has 1 aliphatic heterocycles. The number of carbonyl (C=O) groups is 1. The van der Waals surface area contributed by atoms with Crippen molar-refractivity contribution in [2.75, 3.05) is 11.5 Å². The highest BCUT2D eigenvalue weighted by Crippen LogP contribution is 2.27. The van der Waals surface area contributed by atoms with Gasteiger partial charge in [-0.3, -0.25) is 4.79 Å².